The number of amides is 1. The van der Waals surface area contributed by atoms with Crippen molar-refractivity contribution in [1.82, 2.24) is 15.2 Å². The second kappa shape index (κ2) is 10.1. The third-order valence-corrected chi connectivity index (χ3v) is 5.73. The third-order valence-electron chi connectivity index (χ3n) is 5.73. The maximum atomic E-state index is 12.8. The number of rotatable bonds is 7. The lowest BCUT2D eigenvalue weighted by atomic mass is 10.1. The van der Waals surface area contributed by atoms with Crippen LogP contribution in [0.25, 0.3) is 0 Å². The van der Waals surface area contributed by atoms with E-state index in [-0.39, 0.29) is 11.9 Å². The SMILES string of the molecule is COc1cccc(C(=O)NC[C@@H](c2cccnc2)N2CCN(c3ccccc3)CC2)c1. The van der Waals surface area contributed by atoms with Gasteiger partial charge in [-0.15, -0.1) is 0 Å². The smallest absolute Gasteiger partial charge is 0.251 e. The lowest BCUT2D eigenvalue weighted by Gasteiger charge is -2.40. The normalized spacial score (nSPS) is 15.3. The molecule has 1 atom stereocenters. The van der Waals surface area contributed by atoms with Gasteiger partial charge >= 0.3 is 0 Å². The first kappa shape index (κ1) is 20.9. The largest absolute Gasteiger partial charge is 0.497 e. The Kier molecular flexibility index (Phi) is 6.79. The van der Waals surface area contributed by atoms with Crippen molar-refractivity contribution >= 4 is 11.6 Å². The van der Waals surface area contributed by atoms with Gasteiger partial charge in [-0.25, -0.2) is 0 Å². The summed E-state index contributed by atoms with van der Waals surface area (Å²) in [4.78, 5) is 21.9. The number of carbonyl (C=O) groups is 1. The van der Waals surface area contributed by atoms with E-state index in [2.05, 4.69) is 50.4 Å². The predicted molar refractivity (Wildman–Crippen MR) is 123 cm³/mol. The molecule has 1 aliphatic heterocycles. The number of aromatic nitrogens is 1. The van der Waals surface area contributed by atoms with Crippen molar-refractivity contribution in [2.75, 3.05) is 44.7 Å². The zero-order valence-corrected chi connectivity index (χ0v) is 17.8. The number of anilines is 1. The van der Waals surface area contributed by atoms with Gasteiger partial charge in [0.1, 0.15) is 5.75 Å². The summed E-state index contributed by atoms with van der Waals surface area (Å²) in [5, 5.41) is 3.11. The van der Waals surface area contributed by atoms with Crippen LogP contribution in [0.15, 0.2) is 79.1 Å². The standard InChI is InChI=1S/C25H28N4O2/c1-31-23-11-5-7-20(17-23)25(30)27-19-24(21-8-6-12-26-18-21)29-15-13-28(14-16-29)22-9-3-2-4-10-22/h2-12,17-18,24H,13-16,19H2,1H3,(H,27,30)/t24-/m0/s1. The molecule has 0 unspecified atom stereocenters. The summed E-state index contributed by atoms with van der Waals surface area (Å²) < 4.78 is 5.24. The van der Waals surface area contributed by atoms with E-state index in [0.717, 1.165) is 31.7 Å². The summed E-state index contributed by atoms with van der Waals surface area (Å²) >= 11 is 0. The molecule has 0 saturated carbocycles. The van der Waals surface area contributed by atoms with Crippen LogP contribution in [0.5, 0.6) is 5.75 Å². The average Bonchev–Trinajstić information content (AvgIpc) is 2.85. The lowest BCUT2D eigenvalue weighted by Crippen LogP contribution is -2.50. The fourth-order valence-electron chi connectivity index (χ4n) is 4.02. The van der Waals surface area contributed by atoms with E-state index in [1.165, 1.54) is 5.69 Å². The molecule has 160 valence electrons. The summed E-state index contributed by atoms with van der Waals surface area (Å²) in [6, 6.07) is 21.8. The number of para-hydroxylation sites is 1. The van der Waals surface area contributed by atoms with Gasteiger partial charge in [-0.2, -0.15) is 0 Å². The van der Waals surface area contributed by atoms with Gasteiger partial charge in [-0.1, -0.05) is 30.3 Å². The van der Waals surface area contributed by atoms with E-state index in [0.29, 0.717) is 17.9 Å². The number of hydrogen-bond donors (Lipinski definition) is 1. The first-order valence-electron chi connectivity index (χ1n) is 10.6. The van der Waals surface area contributed by atoms with E-state index < -0.39 is 0 Å². The fourth-order valence-corrected chi connectivity index (χ4v) is 4.02. The molecule has 1 aliphatic rings. The zero-order chi connectivity index (χ0) is 21.5. The third kappa shape index (κ3) is 5.22. The average molecular weight is 417 g/mol. The number of ether oxygens (including phenoxy) is 1. The molecule has 6 nitrogen and oxygen atoms in total. The summed E-state index contributed by atoms with van der Waals surface area (Å²) in [6.45, 7) is 4.26. The molecular weight excluding hydrogens is 388 g/mol. The maximum absolute atomic E-state index is 12.8. The number of benzene rings is 2. The number of methoxy groups -OCH3 is 1. The van der Waals surface area contributed by atoms with Crippen LogP contribution < -0.4 is 15.0 Å². The van der Waals surface area contributed by atoms with E-state index in [1.54, 1.807) is 25.4 Å². The van der Waals surface area contributed by atoms with Gasteiger partial charge in [0.15, 0.2) is 0 Å². The maximum Gasteiger partial charge on any atom is 0.251 e. The predicted octanol–water partition coefficient (Wildman–Crippen LogP) is 3.38. The van der Waals surface area contributed by atoms with Crippen molar-refractivity contribution in [2.24, 2.45) is 0 Å². The highest BCUT2D eigenvalue weighted by atomic mass is 16.5. The number of pyridine rings is 1. The first-order chi connectivity index (χ1) is 15.2. The van der Waals surface area contributed by atoms with Gasteiger partial charge in [0.05, 0.1) is 13.2 Å². The van der Waals surface area contributed by atoms with Crippen molar-refractivity contribution < 1.29 is 9.53 Å². The Morgan fingerprint density at radius 2 is 1.84 bits per heavy atom. The molecule has 1 saturated heterocycles. The Labute approximate surface area is 183 Å². The Balaban J connectivity index is 1.44. The van der Waals surface area contributed by atoms with Crippen LogP contribution in [0, 0.1) is 0 Å². The second-order valence-electron chi connectivity index (χ2n) is 7.60. The highest BCUT2D eigenvalue weighted by Gasteiger charge is 2.26. The van der Waals surface area contributed by atoms with E-state index in [4.69, 9.17) is 4.74 Å². The molecule has 2 aromatic carbocycles. The van der Waals surface area contributed by atoms with E-state index >= 15 is 0 Å². The molecular formula is C25H28N4O2. The Morgan fingerprint density at radius 3 is 2.55 bits per heavy atom. The lowest BCUT2D eigenvalue weighted by molar-refractivity contribution is 0.0929. The van der Waals surface area contributed by atoms with Crippen LogP contribution in [-0.2, 0) is 0 Å². The summed E-state index contributed by atoms with van der Waals surface area (Å²) in [5.74, 6) is 0.573. The molecule has 1 fully saturated rings. The highest BCUT2D eigenvalue weighted by Crippen LogP contribution is 2.23. The molecule has 0 aliphatic carbocycles. The highest BCUT2D eigenvalue weighted by molar-refractivity contribution is 5.94. The molecule has 3 aromatic rings. The molecule has 2 heterocycles. The van der Waals surface area contributed by atoms with Crippen molar-refractivity contribution in [3.05, 3.63) is 90.3 Å². The van der Waals surface area contributed by atoms with E-state index in [9.17, 15) is 4.79 Å². The second-order valence-corrected chi connectivity index (χ2v) is 7.60. The first-order valence-corrected chi connectivity index (χ1v) is 10.6. The van der Waals surface area contributed by atoms with Gasteiger partial charge in [-0.05, 0) is 42.0 Å². The van der Waals surface area contributed by atoms with Crippen LogP contribution >= 0.6 is 0 Å². The molecule has 4 rings (SSSR count). The number of piperazine rings is 1. The van der Waals surface area contributed by atoms with Gasteiger partial charge in [0.25, 0.3) is 5.91 Å². The molecule has 6 heteroatoms. The van der Waals surface area contributed by atoms with Crippen molar-refractivity contribution in [3.8, 4) is 5.75 Å². The van der Waals surface area contributed by atoms with Gasteiger partial charge in [0.2, 0.25) is 0 Å². The van der Waals surface area contributed by atoms with Crippen molar-refractivity contribution in [2.45, 2.75) is 6.04 Å². The number of carbonyl (C=O) groups excluding carboxylic acids is 1. The van der Waals surface area contributed by atoms with Crippen molar-refractivity contribution in [1.29, 1.82) is 0 Å². The number of nitrogens with one attached hydrogen (secondary N) is 1. The molecule has 1 amide bonds. The zero-order valence-electron chi connectivity index (χ0n) is 17.8. The number of hydrogen-bond acceptors (Lipinski definition) is 5. The Bertz CT molecular complexity index is 973. The van der Waals surface area contributed by atoms with Gasteiger partial charge in [0, 0.05) is 56.4 Å². The van der Waals surface area contributed by atoms with Crippen LogP contribution in [0.4, 0.5) is 5.69 Å². The Morgan fingerprint density at radius 1 is 1.03 bits per heavy atom. The van der Waals surface area contributed by atoms with Gasteiger partial charge < -0.3 is 15.0 Å². The molecule has 0 radical (unpaired) electrons. The number of nitrogens with zero attached hydrogens (tertiary/aromatic N) is 3. The topological polar surface area (TPSA) is 57.7 Å². The monoisotopic (exact) mass is 416 g/mol. The van der Waals surface area contributed by atoms with E-state index in [1.807, 2.05) is 30.5 Å². The summed E-state index contributed by atoms with van der Waals surface area (Å²) in [6.07, 6.45) is 3.68. The summed E-state index contributed by atoms with van der Waals surface area (Å²) in [5.41, 5.74) is 2.96. The minimum absolute atomic E-state index is 0.0705. The van der Waals surface area contributed by atoms with Crippen LogP contribution in [-0.4, -0.2) is 55.6 Å². The summed E-state index contributed by atoms with van der Waals surface area (Å²) in [7, 11) is 1.60. The molecule has 1 aromatic heterocycles. The molecule has 31 heavy (non-hydrogen) atoms. The van der Waals surface area contributed by atoms with Crippen molar-refractivity contribution in [3.63, 3.8) is 0 Å². The van der Waals surface area contributed by atoms with Gasteiger partial charge in [-0.3, -0.25) is 14.7 Å². The van der Waals surface area contributed by atoms with Crippen LogP contribution in [0.2, 0.25) is 0 Å². The minimum Gasteiger partial charge on any atom is -0.497 e. The minimum atomic E-state index is -0.101. The molecule has 1 N–H and O–H groups in total. The molecule has 0 bridgehead atoms. The van der Waals surface area contributed by atoms with Crippen LogP contribution in [0.3, 0.4) is 0 Å². The Hall–Kier alpha value is -3.38. The fraction of sp³-hybridized carbons (Fsp3) is 0.280. The quantitative estimate of drug-likeness (QED) is 0.640. The van der Waals surface area contributed by atoms with Crippen LogP contribution in [0.1, 0.15) is 22.0 Å². The molecule has 0 spiro atoms.